The van der Waals surface area contributed by atoms with Gasteiger partial charge in [-0.3, -0.25) is 0 Å². The van der Waals surface area contributed by atoms with Crippen molar-refractivity contribution in [3.8, 4) is 0 Å². The van der Waals surface area contributed by atoms with Gasteiger partial charge >= 0.3 is 0 Å². The van der Waals surface area contributed by atoms with Gasteiger partial charge in [-0.2, -0.15) is 4.98 Å². The highest BCUT2D eigenvalue weighted by molar-refractivity contribution is 4.96. The Morgan fingerprint density at radius 3 is 2.50 bits per heavy atom. The van der Waals surface area contributed by atoms with Gasteiger partial charge in [0.15, 0.2) is 5.82 Å². The highest BCUT2D eigenvalue weighted by Gasteiger charge is 2.24. The Morgan fingerprint density at radius 1 is 1.00 bits per heavy atom. The maximum atomic E-state index is 9.57. The van der Waals surface area contributed by atoms with E-state index in [1.165, 1.54) is 51.4 Å². The van der Waals surface area contributed by atoms with Gasteiger partial charge in [-0.1, -0.05) is 43.7 Å². The molecule has 0 radical (unpaired) electrons. The van der Waals surface area contributed by atoms with Crippen molar-refractivity contribution in [2.45, 2.75) is 82.7 Å². The molecule has 1 aromatic heterocycles. The lowest BCUT2D eigenvalue weighted by molar-refractivity contribution is 0.180. The minimum absolute atomic E-state index is 0.275. The number of nitrogens with zero attached hydrogens (tertiary/aromatic N) is 2. The SMILES string of the molecule is OC[C@H]1CCCCC[C@H]1NCc1noc(C2CCCCC2)n1. The van der Waals surface area contributed by atoms with Crippen LogP contribution in [-0.4, -0.2) is 27.9 Å². The maximum Gasteiger partial charge on any atom is 0.229 e. The zero-order chi connectivity index (χ0) is 15.2. The summed E-state index contributed by atoms with van der Waals surface area (Å²) in [6.45, 7) is 0.925. The van der Waals surface area contributed by atoms with Crippen molar-refractivity contribution < 1.29 is 9.63 Å². The molecule has 5 nitrogen and oxygen atoms in total. The van der Waals surface area contributed by atoms with Gasteiger partial charge in [0.1, 0.15) is 0 Å². The first-order chi connectivity index (χ1) is 10.9. The van der Waals surface area contributed by atoms with Crippen molar-refractivity contribution in [1.82, 2.24) is 15.5 Å². The molecule has 2 atom stereocenters. The molecule has 22 heavy (non-hydrogen) atoms. The highest BCUT2D eigenvalue weighted by Crippen LogP contribution is 2.31. The molecular formula is C17H29N3O2. The van der Waals surface area contributed by atoms with E-state index in [1.54, 1.807) is 0 Å². The lowest BCUT2D eigenvalue weighted by Crippen LogP contribution is -2.37. The van der Waals surface area contributed by atoms with E-state index in [4.69, 9.17) is 4.52 Å². The van der Waals surface area contributed by atoms with Crippen LogP contribution in [0.5, 0.6) is 0 Å². The molecule has 0 aromatic carbocycles. The number of rotatable bonds is 5. The largest absolute Gasteiger partial charge is 0.396 e. The zero-order valence-electron chi connectivity index (χ0n) is 13.5. The van der Waals surface area contributed by atoms with Crippen LogP contribution in [-0.2, 0) is 6.54 Å². The van der Waals surface area contributed by atoms with E-state index in [0.29, 0.717) is 24.4 Å². The second-order valence-corrected chi connectivity index (χ2v) is 6.95. The maximum absolute atomic E-state index is 9.57. The van der Waals surface area contributed by atoms with Crippen LogP contribution in [0.4, 0.5) is 0 Å². The molecule has 5 heteroatoms. The fourth-order valence-corrected chi connectivity index (χ4v) is 3.95. The molecule has 0 aliphatic heterocycles. The van der Waals surface area contributed by atoms with Gasteiger partial charge in [-0.25, -0.2) is 0 Å². The first-order valence-corrected chi connectivity index (χ1v) is 9.03. The van der Waals surface area contributed by atoms with Crippen LogP contribution in [0.3, 0.4) is 0 Å². The Balaban J connectivity index is 1.53. The van der Waals surface area contributed by atoms with E-state index in [2.05, 4.69) is 15.5 Å². The van der Waals surface area contributed by atoms with E-state index in [1.807, 2.05) is 0 Å². The van der Waals surface area contributed by atoms with Gasteiger partial charge in [0.05, 0.1) is 6.54 Å². The van der Waals surface area contributed by atoms with Gasteiger partial charge in [0.2, 0.25) is 5.89 Å². The van der Waals surface area contributed by atoms with Crippen LogP contribution < -0.4 is 5.32 Å². The van der Waals surface area contributed by atoms with Crippen molar-refractivity contribution in [1.29, 1.82) is 0 Å². The summed E-state index contributed by atoms with van der Waals surface area (Å²) in [6, 6.07) is 0.379. The van der Waals surface area contributed by atoms with Crippen molar-refractivity contribution >= 4 is 0 Å². The summed E-state index contributed by atoms with van der Waals surface area (Å²) in [5.74, 6) is 2.43. The van der Waals surface area contributed by atoms with E-state index in [0.717, 1.165) is 24.6 Å². The molecule has 124 valence electrons. The zero-order valence-corrected chi connectivity index (χ0v) is 13.5. The molecular weight excluding hydrogens is 278 g/mol. The number of aliphatic hydroxyl groups excluding tert-OH is 1. The smallest absolute Gasteiger partial charge is 0.229 e. The standard InChI is InChI=1S/C17H29N3O2/c21-12-14-9-5-2-6-10-15(14)18-11-16-19-17(22-20-16)13-7-3-1-4-8-13/h13-15,18,21H,1-12H2/t14-,15-/m1/s1. The van der Waals surface area contributed by atoms with Gasteiger partial charge < -0.3 is 14.9 Å². The fourth-order valence-electron chi connectivity index (χ4n) is 3.95. The summed E-state index contributed by atoms with van der Waals surface area (Å²) in [6.07, 6.45) is 12.3. The summed E-state index contributed by atoms with van der Waals surface area (Å²) in [7, 11) is 0. The Bertz CT molecular complexity index is 443. The number of aliphatic hydroxyl groups is 1. The molecule has 0 spiro atoms. The third kappa shape index (κ3) is 4.07. The van der Waals surface area contributed by atoms with Gasteiger partial charge in [-0.05, 0) is 31.6 Å². The molecule has 0 unspecified atom stereocenters. The molecule has 1 aromatic rings. The summed E-state index contributed by atoms with van der Waals surface area (Å²) < 4.78 is 5.47. The molecule has 2 aliphatic rings. The highest BCUT2D eigenvalue weighted by atomic mass is 16.5. The molecule has 0 saturated heterocycles. The molecule has 3 rings (SSSR count). The fraction of sp³-hybridized carbons (Fsp3) is 0.882. The molecule has 2 saturated carbocycles. The van der Waals surface area contributed by atoms with Crippen molar-refractivity contribution in [3.05, 3.63) is 11.7 Å². The molecule has 2 fully saturated rings. The van der Waals surface area contributed by atoms with Crippen LogP contribution in [0, 0.1) is 5.92 Å². The summed E-state index contributed by atoms with van der Waals surface area (Å²) in [5, 5.41) is 17.3. The van der Waals surface area contributed by atoms with Crippen molar-refractivity contribution in [2.75, 3.05) is 6.61 Å². The van der Waals surface area contributed by atoms with Crippen LogP contribution in [0.2, 0.25) is 0 Å². The molecule has 2 aliphatic carbocycles. The Labute approximate surface area is 132 Å². The normalized spacial score (nSPS) is 27.7. The van der Waals surface area contributed by atoms with Crippen molar-refractivity contribution in [3.63, 3.8) is 0 Å². The Morgan fingerprint density at radius 2 is 1.73 bits per heavy atom. The van der Waals surface area contributed by atoms with E-state index in [9.17, 15) is 5.11 Å². The topological polar surface area (TPSA) is 71.2 Å². The van der Waals surface area contributed by atoms with Crippen LogP contribution in [0.25, 0.3) is 0 Å². The predicted octanol–water partition coefficient (Wildman–Crippen LogP) is 3.15. The minimum atomic E-state index is 0.275. The Kier molecular flexibility index (Phi) is 5.84. The van der Waals surface area contributed by atoms with Crippen LogP contribution in [0.15, 0.2) is 4.52 Å². The first kappa shape index (κ1) is 15.9. The summed E-state index contributed by atoms with van der Waals surface area (Å²) >= 11 is 0. The van der Waals surface area contributed by atoms with E-state index in [-0.39, 0.29) is 6.61 Å². The molecule has 0 amide bonds. The van der Waals surface area contributed by atoms with Crippen LogP contribution in [0.1, 0.15) is 81.8 Å². The number of hydrogen-bond acceptors (Lipinski definition) is 5. The molecule has 1 heterocycles. The average molecular weight is 307 g/mol. The van der Waals surface area contributed by atoms with Crippen LogP contribution >= 0.6 is 0 Å². The summed E-state index contributed by atoms with van der Waals surface area (Å²) in [4.78, 5) is 4.59. The van der Waals surface area contributed by atoms with Gasteiger partial charge in [0, 0.05) is 18.6 Å². The Hall–Kier alpha value is -0.940. The number of nitrogens with one attached hydrogen (secondary N) is 1. The van der Waals surface area contributed by atoms with Gasteiger partial charge in [-0.15, -0.1) is 0 Å². The van der Waals surface area contributed by atoms with E-state index >= 15 is 0 Å². The van der Waals surface area contributed by atoms with E-state index < -0.39 is 0 Å². The molecule has 0 bridgehead atoms. The number of hydrogen-bond donors (Lipinski definition) is 2. The first-order valence-electron chi connectivity index (χ1n) is 9.03. The monoisotopic (exact) mass is 307 g/mol. The predicted molar refractivity (Wildman–Crippen MR) is 84.4 cm³/mol. The third-order valence-electron chi connectivity index (χ3n) is 5.35. The minimum Gasteiger partial charge on any atom is -0.396 e. The third-order valence-corrected chi connectivity index (χ3v) is 5.35. The number of aromatic nitrogens is 2. The second-order valence-electron chi connectivity index (χ2n) is 6.95. The average Bonchev–Trinajstić information content (AvgIpc) is 2.92. The van der Waals surface area contributed by atoms with Gasteiger partial charge in [0.25, 0.3) is 0 Å². The lowest BCUT2D eigenvalue weighted by atomic mass is 9.89. The second kappa shape index (κ2) is 8.06. The van der Waals surface area contributed by atoms with Crippen molar-refractivity contribution in [2.24, 2.45) is 5.92 Å². The lowest BCUT2D eigenvalue weighted by Gasteiger charge is -2.23. The molecule has 2 N–H and O–H groups in total. The quantitative estimate of drug-likeness (QED) is 0.818. The summed E-state index contributed by atoms with van der Waals surface area (Å²) in [5.41, 5.74) is 0.